The van der Waals surface area contributed by atoms with Crippen LogP contribution >= 0.6 is 0 Å². The molecule has 1 aromatic heterocycles. The predicted octanol–water partition coefficient (Wildman–Crippen LogP) is 1.000. The summed E-state index contributed by atoms with van der Waals surface area (Å²) < 4.78 is 7.45. The van der Waals surface area contributed by atoms with Crippen LogP contribution in [0.25, 0.3) is 0 Å². The highest BCUT2D eigenvalue weighted by molar-refractivity contribution is 5.79. The molecule has 1 N–H and O–H groups in total. The number of nitrogens with zero attached hydrogens (tertiary/aromatic N) is 5. The average molecular weight is 378 g/mol. The van der Waals surface area contributed by atoms with Crippen molar-refractivity contribution in [2.45, 2.75) is 64.2 Å². The van der Waals surface area contributed by atoms with Crippen LogP contribution in [0.3, 0.4) is 0 Å². The van der Waals surface area contributed by atoms with Gasteiger partial charge in [0.15, 0.2) is 5.82 Å². The lowest BCUT2D eigenvalue weighted by Crippen LogP contribution is -2.55. The van der Waals surface area contributed by atoms with Crippen LogP contribution in [0.4, 0.5) is 4.79 Å². The second-order valence-electron chi connectivity index (χ2n) is 7.34. The van der Waals surface area contributed by atoms with E-state index >= 15 is 0 Å². The number of carbonyl (C=O) groups excluding carboxylic acids is 2. The van der Waals surface area contributed by atoms with Gasteiger partial charge >= 0.3 is 6.03 Å². The molecule has 0 aromatic carbocycles. The number of rotatable bonds is 6. The Morgan fingerprint density at radius 3 is 2.89 bits per heavy atom. The molecule has 150 valence electrons. The quantitative estimate of drug-likeness (QED) is 0.797. The van der Waals surface area contributed by atoms with E-state index in [0.717, 1.165) is 25.2 Å². The highest BCUT2D eigenvalue weighted by Crippen LogP contribution is 2.19. The van der Waals surface area contributed by atoms with E-state index in [-0.39, 0.29) is 30.4 Å². The van der Waals surface area contributed by atoms with E-state index in [1.54, 1.807) is 23.2 Å². The molecule has 1 aliphatic heterocycles. The summed E-state index contributed by atoms with van der Waals surface area (Å²) in [6.07, 6.45) is 6.33. The third-order valence-corrected chi connectivity index (χ3v) is 5.42. The first-order valence-electron chi connectivity index (χ1n) is 9.84. The Labute approximate surface area is 160 Å². The summed E-state index contributed by atoms with van der Waals surface area (Å²) in [5.74, 6) is 0.721. The molecule has 3 amide bonds. The Kier molecular flexibility index (Phi) is 6.65. The Hall–Kier alpha value is -2.16. The molecular formula is C18H30N6O3. The summed E-state index contributed by atoms with van der Waals surface area (Å²) in [4.78, 5) is 28.8. The van der Waals surface area contributed by atoms with Crippen molar-refractivity contribution in [3.8, 4) is 0 Å². The van der Waals surface area contributed by atoms with Gasteiger partial charge < -0.3 is 24.4 Å². The van der Waals surface area contributed by atoms with Gasteiger partial charge in [-0.2, -0.15) is 0 Å². The van der Waals surface area contributed by atoms with Gasteiger partial charge in [0, 0.05) is 32.6 Å². The van der Waals surface area contributed by atoms with Crippen molar-refractivity contribution in [2.75, 3.05) is 26.8 Å². The third-order valence-electron chi connectivity index (χ3n) is 5.42. The van der Waals surface area contributed by atoms with Gasteiger partial charge in [0.1, 0.15) is 6.33 Å². The first-order chi connectivity index (χ1) is 13.1. The zero-order valence-corrected chi connectivity index (χ0v) is 16.3. The maximum atomic E-state index is 12.7. The molecule has 1 atom stereocenters. The number of hydrogen-bond donors (Lipinski definition) is 1. The normalized spacial score (nSPS) is 20.7. The van der Waals surface area contributed by atoms with E-state index in [0.29, 0.717) is 26.3 Å². The molecular weight excluding hydrogens is 348 g/mol. The number of aryl methyl sites for hydroxylation is 1. The van der Waals surface area contributed by atoms with Crippen LogP contribution in [0.2, 0.25) is 0 Å². The van der Waals surface area contributed by atoms with E-state index < -0.39 is 0 Å². The molecule has 0 spiro atoms. The minimum Gasteiger partial charge on any atom is -0.377 e. The molecule has 2 aliphatic rings. The van der Waals surface area contributed by atoms with Gasteiger partial charge in [0.2, 0.25) is 5.91 Å². The molecule has 1 aliphatic carbocycles. The summed E-state index contributed by atoms with van der Waals surface area (Å²) in [5, 5.41) is 11.1. The topological polar surface area (TPSA) is 92.6 Å². The summed E-state index contributed by atoms with van der Waals surface area (Å²) in [7, 11) is 1.75. The van der Waals surface area contributed by atoms with Crippen molar-refractivity contribution in [1.29, 1.82) is 0 Å². The molecule has 0 radical (unpaired) electrons. The molecule has 2 fully saturated rings. The molecule has 1 unspecified atom stereocenters. The average Bonchev–Trinajstić information content (AvgIpc) is 3.33. The van der Waals surface area contributed by atoms with Gasteiger partial charge in [-0.1, -0.05) is 12.8 Å². The molecule has 1 aromatic rings. The SMILES string of the molecule is CCn1cnnc1CN(C)C(=O)CC1COCCN1C(=O)NC1CCCC1. The van der Waals surface area contributed by atoms with E-state index in [1.807, 2.05) is 11.5 Å². The van der Waals surface area contributed by atoms with Gasteiger partial charge in [-0.15, -0.1) is 10.2 Å². The number of amides is 3. The summed E-state index contributed by atoms with van der Waals surface area (Å²) in [6, 6.07) is -0.0460. The van der Waals surface area contributed by atoms with Gasteiger partial charge in [-0.05, 0) is 19.8 Å². The van der Waals surface area contributed by atoms with Gasteiger partial charge in [0.25, 0.3) is 0 Å². The smallest absolute Gasteiger partial charge is 0.318 e. The van der Waals surface area contributed by atoms with E-state index in [2.05, 4.69) is 15.5 Å². The third kappa shape index (κ3) is 4.97. The molecule has 9 heteroatoms. The van der Waals surface area contributed by atoms with Crippen LogP contribution in [-0.2, 0) is 22.6 Å². The lowest BCUT2D eigenvalue weighted by molar-refractivity contribution is -0.133. The van der Waals surface area contributed by atoms with Crippen LogP contribution in [-0.4, -0.2) is 75.4 Å². The van der Waals surface area contributed by atoms with Crippen LogP contribution in [0.1, 0.15) is 44.9 Å². The number of nitrogens with one attached hydrogen (secondary N) is 1. The van der Waals surface area contributed by atoms with Crippen molar-refractivity contribution in [3.63, 3.8) is 0 Å². The summed E-state index contributed by atoms with van der Waals surface area (Å²) >= 11 is 0. The fourth-order valence-corrected chi connectivity index (χ4v) is 3.74. The Balaban J connectivity index is 1.56. The zero-order valence-electron chi connectivity index (χ0n) is 16.3. The van der Waals surface area contributed by atoms with Crippen molar-refractivity contribution >= 4 is 11.9 Å². The summed E-state index contributed by atoms with van der Waals surface area (Å²) in [5.41, 5.74) is 0. The fourth-order valence-electron chi connectivity index (χ4n) is 3.74. The molecule has 0 bridgehead atoms. The van der Waals surface area contributed by atoms with Gasteiger partial charge in [-0.3, -0.25) is 4.79 Å². The second kappa shape index (κ2) is 9.16. The van der Waals surface area contributed by atoms with Crippen LogP contribution in [0.15, 0.2) is 6.33 Å². The van der Waals surface area contributed by atoms with Crippen LogP contribution in [0.5, 0.6) is 0 Å². The lowest BCUT2D eigenvalue weighted by Gasteiger charge is -2.36. The van der Waals surface area contributed by atoms with Crippen molar-refractivity contribution < 1.29 is 14.3 Å². The second-order valence-corrected chi connectivity index (χ2v) is 7.34. The first kappa shape index (κ1) is 19.6. The largest absolute Gasteiger partial charge is 0.377 e. The zero-order chi connectivity index (χ0) is 19.2. The molecule has 1 saturated carbocycles. The number of carbonyl (C=O) groups is 2. The molecule has 1 saturated heterocycles. The summed E-state index contributed by atoms with van der Waals surface area (Å²) in [6.45, 7) is 4.59. The number of aromatic nitrogens is 3. The number of hydrogen-bond acceptors (Lipinski definition) is 5. The predicted molar refractivity (Wildman–Crippen MR) is 98.9 cm³/mol. The molecule has 2 heterocycles. The van der Waals surface area contributed by atoms with Crippen molar-refractivity contribution in [2.24, 2.45) is 0 Å². The lowest BCUT2D eigenvalue weighted by atomic mass is 10.1. The highest BCUT2D eigenvalue weighted by atomic mass is 16.5. The Morgan fingerprint density at radius 2 is 2.15 bits per heavy atom. The van der Waals surface area contributed by atoms with Crippen molar-refractivity contribution in [3.05, 3.63) is 12.2 Å². The number of urea groups is 1. The van der Waals surface area contributed by atoms with Crippen LogP contribution < -0.4 is 5.32 Å². The standard InChI is InChI=1S/C18H30N6O3/c1-3-23-13-19-21-16(23)11-22(2)17(25)10-15-12-27-9-8-24(15)18(26)20-14-6-4-5-7-14/h13-15H,3-12H2,1-2H3,(H,20,26). The number of ether oxygens (including phenoxy) is 1. The Morgan fingerprint density at radius 1 is 1.37 bits per heavy atom. The minimum atomic E-state index is -0.237. The molecule has 9 nitrogen and oxygen atoms in total. The van der Waals surface area contributed by atoms with E-state index in [1.165, 1.54) is 12.8 Å². The maximum Gasteiger partial charge on any atom is 0.318 e. The molecule has 3 rings (SSSR count). The van der Waals surface area contributed by atoms with Gasteiger partial charge in [0.05, 0.1) is 25.8 Å². The Bertz CT molecular complexity index is 643. The van der Waals surface area contributed by atoms with Crippen molar-refractivity contribution in [1.82, 2.24) is 29.9 Å². The maximum absolute atomic E-state index is 12.7. The first-order valence-corrected chi connectivity index (χ1v) is 9.84. The molecule has 27 heavy (non-hydrogen) atoms. The number of morpholine rings is 1. The minimum absolute atomic E-state index is 0.0326. The van der Waals surface area contributed by atoms with Gasteiger partial charge in [-0.25, -0.2) is 4.79 Å². The highest BCUT2D eigenvalue weighted by Gasteiger charge is 2.31. The van der Waals surface area contributed by atoms with Crippen LogP contribution in [0, 0.1) is 0 Å². The fraction of sp³-hybridized carbons (Fsp3) is 0.778. The van der Waals surface area contributed by atoms with E-state index in [4.69, 9.17) is 4.74 Å². The monoisotopic (exact) mass is 378 g/mol. The van der Waals surface area contributed by atoms with E-state index in [9.17, 15) is 9.59 Å².